The maximum atomic E-state index is 13.0. The Hall–Kier alpha value is -1.36. The van der Waals surface area contributed by atoms with E-state index in [9.17, 15) is 4.79 Å². The van der Waals surface area contributed by atoms with Gasteiger partial charge in [0.05, 0.1) is 5.69 Å². The first-order chi connectivity index (χ1) is 10.1. The van der Waals surface area contributed by atoms with Gasteiger partial charge in [0.1, 0.15) is 5.69 Å². The van der Waals surface area contributed by atoms with Crippen LogP contribution in [0.5, 0.6) is 0 Å². The molecule has 3 rings (SSSR count). The number of nitrogens with zero attached hydrogens (tertiary/aromatic N) is 4. The second-order valence-electron chi connectivity index (χ2n) is 6.39. The summed E-state index contributed by atoms with van der Waals surface area (Å²) in [4.78, 5) is 17.5. The molecule has 0 N–H and O–H groups in total. The monoisotopic (exact) mass is 290 g/mol. The van der Waals surface area contributed by atoms with Crippen molar-refractivity contribution in [3.8, 4) is 0 Å². The van der Waals surface area contributed by atoms with Crippen molar-refractivity contribution in [3.63, 3.8) is 0 Å². The molecular weight excluding hydrogens is 264 g/mol. The second kappa shape index (κ2) is 5.79. The molecule has 1 amide bonds. The number of aromatic nitrogens is 2. The van der Waals surface area contributed by atoms with E-state index in [1.165, 1.54) is 12.8 Å². The van der Waals surface area contributed by atoms with Crippen LogP contribution in [0.4, 0.5) is 0 Å². The molecule has 0 unspecified atom stereocenters. The van der Waals surface area contributed by atoms with Crippen molar-refractivity contribution in [2.45, 2.75) is 58.2 Å². The minimum absolute atomic E-state index is 0.167. The zero-order chi connectivity index (χ0) is 15.0. The first-order valence-corrected chi connectivity index (χ1v) is 8.17. The number of amides is 1. The summed E-state index contributed by atoms with van der Waals surface area (Å²) in [6.07, 6.45) is 4.74. The van der Waals surface area contributed by atoms with Crippen molar-refractivity contribution in [1.82, 2.24) is 19.6 Å². The molecular formula is C16H26N4O. The summed E-state index contributed by atoms with van der Waals surface area (Å²) in [5.41, 5.74) is 1.68. The fourth-order valence-corrected chi connectivity index (χ4v) is 3.97. The lowest BCUT2D eigenvalue weighted by molar-refractivity contribution is 0.0652. The summed E-state index contributed by atoms with van der Waals surface area (Å²) in [7, 11) is 2.19. The van der Waals surface area contributed by atoms with Crippen LogP contribution in [0.15, 0.2) is 6.07 Å². The lowest BCUT2D eigenvalue weighted by Crippen LogP contribution is -2.47. The summed E-state index contributed by atoms with van der Waals surface area (Å²) in [6.45, 7) is 6.79. The largest absolute Gasteiger partial charge is 0.333 e. The molecule has 5 nitrogen and oxygen atoms in total. The van der Waals surface area contributed by atoms with E-state index in [-0.39, 0.29) is 5.91 Å². The summed E-state index contributed by atoms with van der Waals surface area (Å²) >= 11 is 0. The third-order valence-electron chi connectivity index (χ3n) is 5.00. The summed E-state index contributed by atoms with van der Waals surface area (Å²) in [5, 5.41) is 4.42. The highest BCUT2D eigenvalue weighted by atomic mass is 16.2. The van der Waals surface area contributed by atoms with Gasteiger partial charge < -0.3 is 9.80 Å². The maximum Gasteiger partial charge on any atom is 0.272 e. The summed E-state index contributed by atoms with van der Waals surface area (Å²) in [6, 6.07) is 2.85. The van der Waals surface area contributed by atoms with E-state index in [1.807, 2.05) is 24.6 Å². The Labute approximate surface area is 126 Å². The molecule has 1 aromatic rings. The molecule has 2 saturated heterocycles. The van der Waals surface area contributed by atoms with Crippen LogP contribution in [0, 0.1) is 6.92 Å². The lowest BCUT2D eigenvalue weighted by atomic mass is 10.0. The third-order valence-corrected chi connectivity index (χ3v) is 5.00. The van der Waals surface area contributed by atoms with Gasteiger partial charge in [0.2, 0.25) is 0 Å². The Balaban J connectivity index is 1.82. The van der Waals surface area contributed by atoms with Crippen molar-refractivity contribution in [2.75, 3.05) is 20.1 Å². The molecule has 2 aliphatic rings. The number of hydrogen-bond acceptors (Lipinski definition) is 3. The van der Waals surface area contributed by atoms with Crippen LogP contribution >= 0.6 is 0 Å². The SMILES string of the molecule is CCn1nc(C)cc1C(=O)N1CCC[C@@H]1[C@@H]1CCCN1C. The average Bonchev–Trinajstić information content (AvgIpc) is 3.16. The molecule has 5 heteroatoms. The van der Waals surface area contributed by atoms with Gasteiger partial charge in [-0.3, -0.25) is 9.48 Å². The van der Waals surface area contributed by atoms with Gasteiger partial charge in [0.25, 0.3) is 5.91 Å². The lowest BCUT2D eigenvalue weighted by Gasteiger charge is -2.33. The van der Waals surface area contributed by atoms with E-state index >= 15 is 0 Å². The van der Waals surface area contributed by atoms with Crippen molar-refractivity contribution >= 4 is 5.91 Å². The first kappa shape index (κ1) is 14.6. The van der Waals surface area contributed by atoms with Gasteiger partial charge in [-0.05, 0) is 59.2 Å². The van der Waals surface area contributed by atoms with E-state index in [2.05, 4.69) is 21.9 Å². The molecule has 0 aromatic carbocycles. The average molecular weight is 290 g/mol. The molecule has 3 heterocycles. The minimum atomic E-state index is 0.167. The normalized spacial score (nSPS) is 26.7. The predicted molar refractivity (Wildman–Crippen MR) is 82.3 cm³/mol. The highest BCUT2D eigenvalue weighted by molar-refractivity contribution is 5.93. The van der Waals surface area contributed by atoms with Crippen LogP contribution in [-0.4, -0.2) is 57.7 Å². The zero-order valence-electron chi connectivity index (χ0n) is 13.4. The molecule has 0 radical (unpaired) electrons. The van der Waals surface area contributed by atoms with Crippen molar-refractivity contribution in [3.05, 3.63) is 17.5 Å². The number of hydrogen-bond donors (Lipinski definition) is 0. The van der Waals surface area contributed by atoms with Crippen molar-refractivity contribution in [1.29, 1.82) is 0 Å². The highest BCUT2D eigenvalue weighted by Crippen LogP contribution is 2.30. The number of carbonyl (C=O) groups excluding carboxylic acids is 1. The Bertz CT molecular complexity index is 524. The van der Waals surface area contributed by atoms with Crippen LogP contribution in [0.1, 0.15) is 48.8 Å². The number of likely N-dealkylation sites (N-methyl/N-ethyl adjacent to an activating group) is 1. The van der Waals surface area contributed by atoms with E-state index in [0.717, 1.165) is 43.9 Å². The van der Waals surface area contributed by atoms with Crippen LogP contribution in [0.2, 0.25) is 0 Å². The molecule has 0 bridgehead atoms. The number of rotatable bonds is 3. The van der Waals surface area contributed by atoms with Crippen LogP contribution in [0.25, 0.3) is 0 Å². The van der Waals surface area contributed by atoms with Gasteiger partial charge in [0, 0.05) is 25.2 Å². The molecule has 2 aliphatic heterocycles. The van der Waals surface area contributed by atoms with E-state index in [4.69, 9.17) is 0 Å². The van der Waals surface area contributed by atoms with Gasteiger partial charge in [-0.15, -0.1) is 0 Å². The van der Waals surface area contributed by atoms with Gasteiger partial charge in [0.15, 0.2) is 0 Å². The quantitative estimate of drug-likeness (QED) is 0.854. The number of carbonyl (C=O) groups is 1. The Morgan fingerprint density at radius 2 is 2.00 bits per heavy atom. The summed E-state index contributed by atoms with van der Waals surface area (Å²) < 4.78 is 1.84. The Morgan fingerprint density at radius 3 is 2.67 bits per heavy atom. The van der Waals surface area contributed by atoms with Crippen LogP contribution < -0.4 is 0 Å². The summed E-state index contributed by atoms with van der Waals surface area (Å²) in [5.74, 6) is 0.167. The van der Waals surface area contributed by atoms with Gasteiger partial charge in [-0.1, -0.05) is 0 Å². The molecule has 21 heavy (non-hydrogen) atoms. The first-order valence-electron chi connectivity index (χ1n) is 8.17. The van der Waals surface area contributed by atoms with E-state index in [1.54, 1.807) is 0 Å². The molecule has 0 aliphatic carbocycles. The van der Waals surface area contributed by atoms with Crippen molar-refractivity contribution in [2.24, 2.45) is 0 Å². The van der Waals surface area contributed by atoms with E-state index < -0.39 is 0 Å². The fourth-order valence-electron chi connectivity index (χ4n) is 3.97. The second-order valence-corrected chi connectivity index (χ2v) is 6.39. The topological polar surface area (TPSA) is 41.4 Å². The van der Waals surface area contributed by atoms with Gasteiger partial charge >= 0.3 is 0 Å². The number of likely N-dealkylation sites (tertiary alicyclic amines) is 2. The predicted octanol–water partition coefficient (Wildman–Crippen LogP) is 1.91. The van der Waals surface area contributed by atoms with Gasteiger partial charge in [-0.25, -0.2) is 0 Å². The minimum Gasteiger partial charge on any atom is -0.333 e. The van der Waals surface area contributed by atoms with Crippen LogP contribution in [0.3, 0.4) is 0 Å². The van der Waals surface area contributed by atoms with Gasteiger partial charge in [-0.2, -0.15) is 5.10 Å². The molecule has 1 aromatic heterocycles. The molecule has 0 spiro atoms. The zero-order valence-corrected chi connectivity index (χ0v) is 13.4. The maximum absolute atomic E-state index is 13.0. The smallest absolute Gasteiger partial charge is 0.272 e. The highest BCUT2D eigenvalue weighted by Gasteiger charge is 2.39. The molecule has 0 saturated carbocycles. The fraction of sp³-hybridized carbons (Fsp3) is 0.750. The Kier molecular flexibility index (Phi) is 4.02. The Morgan fingerprint density at radius 1 is 1.29 bits per heavy atom. The molecule has 2 fully saturated rings. The van der Waals surface area contributed by atoms with Crippen LogP contribution in [-0.2, 0) is 6.54 Å². The molecule has 116 valence electrons. The van der Waals surface area contributed by atoms with Crippen molar-refractivity contribution < 1.29 is 4.79 Å². The molecule has 2 atom stereocenters. The third kappa shape index (κ3) is 2.59. The number of aryl methyl sites for hydroxylation is 2. The standard InChI is InChI=1S/C16H26N4O/c1-4-20-15(11-12(2)17-20)16(21)19-10-6-8-14(19)13-7-5-9-18(13)3/h11,13-14H,4-10H2,1-3H3/t13-,14+/m0/s1. The van der Waals surface area contributed by atoms with E-state index in [0.29, 0.717) is 12.1 Å².